The van der Waals surface area contributed by atoms with Crippen molar-refractivity contribution >= 4 is 5.91 Å². The molecule has 0 unspecified atom stereocenters. The summed E-state index contributed by atoms with van der Waals surface area (Å²) in [7, 11) is 1.89. The number of rotatable bonds is 5. The fraction of sp³-hybridized carbons (Fsp3) is 0.650. The van der Waals surface area contributed by atoms with E-state index in [0.29, 0.717) is 13.2 Å². The summed E-state index contributed by atoms with van der Waals surface area (Å²) >= 11 is 0. The van der Waals surface area contributed by atoms with Crippen LogP contribution < -0.4 is 0 Å². The number of hydrogen-bond acceptors (Lipinski definition) is 3. The van der Waals surface area contributed by atoms with Gasteiger partial charge < -0.3 is 14.4 Å². The van der Waals surface area contributed by atoms with Gasteiger partial charge in [0.1, 0.15) is 11.4 Å². The summed E-state index contributed by atoms with van der Waals surface area (Å²) in [6, 6.07) is 6.57. The summed E-state index contributed by atoms with van der Waals surface area (Å²) in [5, 5.41) is 0. The van der Waals surface area contributed by atoms with Crippen molar-refractivity contribution in [3.63, 3.8) is 0 Å². The summed E-state index contributed by atoms with van der Waals surface area (Å²) in [4.78, 5) is 15.0. The lowest BCUT2D eigenvalue weighted by molar-refractivity contribution is -0.161. The third kappa shape index (κ3) is 3.87. The van der Waals surface area contributed by atoms with Gasteiger partial charge in [0.25, 0.3) is 5.91 Å². The van der Waals surface area contributed by atoms with Crippen molar-refractivity contribution in [2.75, 3.05) is 20.3 Å². The molecule has 1 aromatic rings. The first-order valence-corrected chi connectivity index (χ1v) is 9.34. The predicted octanol–water partition coefficient (Wildman–Crippen LogP) is 3.85. The Morgan fingerprint density at radius 1 is 1.32 bits per heavy atom. The lowest BCUT2D eigenvalue weighted by Gasteiger charge is -2.40. The van der Waals surface area contributed by atoms with Crippen LogP contribution in [-0.4, -0.2) is 42.7 Å². The average molecular weight is 349 g/mol. The quantitative estimate of drug-likeness (QED) is 0.810. The maximum Gasteiger partial charge on any atom is 0.254 e. The van der Waals surface area contributed by atoms with E-state index in [2.05, 4.69) is 0 Å². The number of carbonyl (C=O) groups is 1. The maximum absolute atomic E-state index is 13.2. The number of ether oxygens (including phenoxy) is 2. The van der Waals surface area contributed by atoms with Gasteiger partial charge in [-0.05, 0) is 63.1 Å². The van der Waals surface area contributed by atoms with E-state index in [-0.39, 0.29) is 23.9 Å². The van der Waals surface area contributed by atoms with E-state index >= 15 is 0 Å². The van der Waals surface area contributed by atoms with Gasteiger partial charge in [0.2, 0.25) is 0 Å². The zero-order chi connectivity index (χ0) is 17.9. The fourth-order valence-electron chi connectivity index (χ4n) is 4.17. The molecule has 1 aliphatic carbocycles. The highest BCUT2D eigenvalue weighted by atomic mass is 19.1. The van der Waals surface area contributed by atoms with Gasteiger partial charge in [-0.15, -0.1) is 0 Å². The number of likely N-dealkylation sites (N-methyl/N-ethyl adjacent to an activating group) is 1. The van der Waals surface area contributed by atoms with E-state index in [9.17, 15) is 9.18 Å². The molecule has 2 fully saturated rings. The summed E-state index contributed by atoms with van der Waals surface area (Å²) < 4.78 is 24.9. The van der Waals surface area contributed by atoms with Crippen molar-refractivity contribution < 1.29 is 18.7 Å². The normalized spacial score (nSPS) is 25.7. The molecule has 4 nitrogen and oxygen atoms in total. The molecule has 1 heterocycles. The zero-order valence-electron chi connectivity index (χ0n) is 15.2. The first-order chi connectivity index (χ1) is 12.1. The fourth-order valence-corrected chi connectivity index (χ4v) is 4.17. The second-order valence-electron chi connectivity index (χ2n) is 7.14. The minimum absolute atomic E-state index is 0.0961. The van der Waals surface area contributed by atoms with Crippen LogP contribution in [0.4, 0.5) is 4.39 Å². The third-order valence-electron chi connectivity index (χ3n) is 5.59. The number of carbonyl (C=O) groups excluding carboxylic acids is 1. The highest BCUT2D eigenvalue weighted by molar-refractivity contribution is 5.85. The largest absolute Gasteiger partial charge is 0.373 e. The molecule has 1 aliphatic heterocycles. The molecule has 1 saturated heterocycles. The van der Waals surface area contributed by atoms with E-state index in [1.807, 2.05) is 18.9 Å². The molecule has 0 radical (unpaired) electrons. The molecule has 0 aromatic heterocycles. The molecular formula is C20H28FNO3. The van der Waals surface area contributed by atoms with E-state index in [4.69, 9.17) is 9.47 Å². The highest BCUT2D eigenvalue weighted by Crippen LogP contribution is 2.37. The molecule has 0 bridgehead atoms. The van der Waals surface area contributed by atoms with Gasteiger partial charge >= 0.3 is 0 Å². The highest BCUT2D eigenvalue weighted by Gasteiger charge is 2.45. The first-order valence-electron chi connectivity index (χ1n) is 9.34. The minimum Gasteiger partial charge on any atom is -0.373 e. The number of nitrogens with zero attached hydrogens (tertiary/aromatic N) is 1. The van der Waals surface area contributed by atoms with Gasteiger partial charge in [0.05, 0.1) is 6.10 Å². The summed E-state index contributed by atoms with van der Waals surface area (Å²) in [6.45, 7) is 3.11. The van der Waals surface area contributed by atoms with Crippen LogP contribution in [-0.2, 0) is 14.3 Å². The second kappa shape index (κ2) is 7.83. The Hall–Kier alpha value is -1.46. The van der Waals surface area contributed by atoms with Crippen molar-refractivity contribution in [1.29, 1.82) is 0 Å². The molecule has 2 atom stereocenters. The van der Waals surface area contributed by atoms with Crippen LogP contribution in [0.5, 0.6) is 0 Å². The van der Waals surface area contributed by atoms with Gasteiger partial charge in [0.15, 0.2) is 0 Å². The Balaban J connectivity index is 1.69. The molecule has 0 spiro atoms. The van der Waals surface area contributed by atoms with Crippen molar-refractivity contribution in [1.82, 2.24) is 4.90 Å². The molecule has 2 aliphatic rings. The number of benzene rings is 1. The van der Waals surface area contributed by atoms with Crippen LogP contribution in [0.25, 0.3) is 0 Å². The van der Waals surface area contributed by atoms with Gasteiger partial charge in [-0.3, -0.25) is 4.79 Å². The Labute approximate surface area is 149 Å². The maximum atomic E-state index is 13.2. The van der Waals surface area contributed by atoms with Gasteiger partial charge in [-0.25, -0.2) is 4.39 Å². The molecule has 25 heavy (non-hydrogen) atoms. The van der Waals surface area contributed by atoms with Crippen LogP contribution in [0.2, 0.25) is 0 Å². The summed E-state index contributed by atoms with van der Waals surface area (Å²) in [6.07, 6.45) is 5.18. The van der Waals surface area contributed by atoms with E-state index < -0.39 is 5.60 Å². The Bertz CT molecular complexity index is 583. The number of hydrogen-bond donors (Lipinski definition) is 0. The van der Waals surface area contributed by atoms with Crippen LogP contribution in [0.1, 0.15) is 57.1 Å². The van der Waals surface area contributed by atoms with Gasteiger partial charge in [0, 0.05) is 26.3 Å². The van der Waals surface area contributed by atoms with Crippen molar-refractivity contribution in [2.24, 2.45) is 0 Å². The zero-order valence-corrected chi connectivity index (χ0v) is 15.2. The molecular weight excluding hydrogens is 321 g/mol. The van der Waals surface area contributed by atoms with Crippen LogP contribution in [0.15, 0.2) is 24.3 Å². The average Bonchev–Trinajstić information content (AvgIpc) is 3.11. The number of halogens is 1. The lowest BCUT2D eigenvalue weighted by atomic mass is 9.94. The Morgan fingerprint density at radius 3 is 2.64 bits per heavy atom. The molecule has 1 aromatic carbocycles. The Kier molecular flexibility index (Phi) is 5.74. The van der Waals surface area contributed by atoms with Crippen molar-refractivity contribution in [3.05, 3.63) is 35.6 Å². The molecule has 1 amide bonds. The molecule has 3 rings (SSSR count). The second-order valence-corrected chi connectivity index (χ2v) is 7.14. The monoisotopic (exact) mass is 349 g/mol. The number of amides is 1. The van der Waals surface area contributed by atoms with E-state index in [1.54, 1.807) is 12.1 Å². The van der Waals surface area contributed by atoms with E-state index in [1.165, 1.54) is 12.1 Å². The van der Waals surface area contributed by atoms with Gasteiger partial charge in [-0.2, -0.15) is 0 Å². The topological polar surface area (TPSA) is 38.8 Å². The minimum atomic E-state index is -0.632. The smallest absolute Gasteiger partial charge is 0.254 e. The lowest BCUT2D eigenvalue weighted by Crippen LogP contribution is -2.52. The summed E-state index contributed by atoms with van der Waals surface area (Å²) in [5.41, 5.74) is 0.333. The first kappa shape index (κ1) is 18.3. The molecule has 5 heteroatoms. The SMILES string of the molecule is CCOC1(C(=O)N(C)[C@H]2CCO[C@@H](c3ccc(F)cc3)C2)CCCC1. The van der Waals surface area contributed by atoms with Crippen LogP contribution >= 0.6 is 0 Å². The molecule has 0 N–H and O–H groups in total. The molecule has 1 saturated carbocycles. The van der Waals surface area contributed by atoms with Crippen molar-refractivity contribution in [2.45, 2.75) is 63.2 Å². The molecule has 138 valence electrons. The standard InChI is InChI=1S/C20H28FNO3/c1-3-25-20(11-4-5-12-20)19(23)22(2)17-10-13-24-18(14-17)15-6-8-16(21)9-7-15/h6-9,17-18H,3-5,10-14H2,1-2H3/t17-,18+/m0/s1. The summed E-state index contributed by atoms with van der Waals surface area (Å²) in [5.74, 6) is -0.139. The van der Waals surface area contributed by atoms with Crippen LogP contribution in [0.3, 0.4) is 0 Å². The van der Waals surface area contributed by atoms with Crippen molar-refractivity contribution in [3.8, 4) is 0 Å². The van der Waals surface area contributed by atoms with Gasteiger partial charge in [-0.1, -0.05) is 12.1 Å². The third-order valence-corrected chi connectivity index (χ3v) is 5.59. The predicted molar refractivity (Wildman–Crippen MR) is 93.7 cm³/mol. The Morgan fingerprint density at radius 2 is 2.00 bits per heavy atom. The van der Waals surface area contributed by atoms with E-state index in [0.717, 1.165) is 44.1 Å². The van der Waals surface area contributed by atoms with Crippen LogP contribution in [0, 0.1) is 5.82 Å².